The number of esters is 3. The highest BCUT2D eigenvalue weighted by molar-refractivity contribution is 9.10. The Morgan fingerprint density at radius 1 is 0.857 bits per heavy atom. The van der Waals surface area contributed by atoms with Gasteiger partial charge < -0.3 is 28.4 Å². The van der Waals surface area contributed by atoms with Crippen LogP contribution in [0.15, 0.2) is 0 Å². The van der Waals surface area contributed by atoms with Gasteiger partial charge in [0.1, 0.15) is 18.8 Å². The van der Waals surface area contributed by atoms with Crippen LogP contribution in [0.25, 0.3) is 0 Å². The fraction of sp³-hybridized carbons (Fsp3) is 0.826. The van der Waals surface area contributed by atoms with Crippen LogP contribution < -0.4 is 0 Å². The first-order valence-corrected chi connectivity index (χ1v) is 12.1. The van der Waals surface area contributed by atoms with E-state index in [1.165, 1.54) is 20.8 Å². The minimum absolute atomic E-state index is 0.00125. The monoisotopic (exact) mass is 566 g/mol. The molecule has 4 unspecified atom stereocenters. The molecule has 0 radical (unpaired) electrons. The van der Waals surface area contributed by atoms with E-state index in [1.54, 1.807) is 13.8 Å². The van der Waals surface area contributed by atoms with Crippen molar-refractivity contribution in [1.82, 2.24) is 0 Å². The zero-order valence-electron chi connectivity index (χ0n) is 21.3. The number of alkyl halides is 1. The van der Waals surface area contributed by atoms with E-state index in [1.807, 2.05) is 6.92 Å². The van der Waals surface area contributed by atoms with Gasteiger partial charge in [0.25, 0.3) is 0 Å². The molecule has 0 aromatic rings. The Kier molecular flexibility index (Phi) is 12.0. The zero-order chi connectivity index (χ0) is 27.1. The summed E-state index contributed by atoms with van der Waals surface area (Å²) >= 11 is 3.53. The van der Waals surface area contributed by atoms with E-state index >= 15 is 0 Å². The van der Waals surface area contributed by atoms with Crippen LogP contribution >= 0.6 is 15.9 Å². The average Bonchev–Trinajstić information content (AvgIpc) is 2.73. The molecule has 0 aliphatic carbocycles. The SMILES string of the molecule is CC(=O)OCC1O[C@H](O[C@H]2[C@@H](OC(C)=O)C(C)[C@H](OC(C)=O)OC2(C)Br)C(C)[C@@H](C)[C@@H]1C.O=C=O. The van der Waals surface area contributed by atoms with Gasteiger partial charge in [-0.15, -0.1) is 0 Å². The van der Waals surface area contributed by atoms with Crippen molar-refractivity contribution >= 4 is 40.0 Å². The van der Waals surface area contributed by atoms with Gasteiger partial charge in [0.15, 0.2) is 10.8 Å². The van der Waals surface area contributed by atoms with E-state index in [-0.39, 0.29) is 42.6 Å². The highest BCUT2D eigenvalue weighted by Gasteiger charge is 2.55. The lowest BCUT2D eigenvalue weighted by molar-refractivity contribution is -0.333. The van der Waals surface area contributed by atoms with Crippen LogP contribution in [0.2, 0.25) is 0 Å². The second kappa shape index (κ2) is 13.5. The fourth-order valence-corrected chi connectivity index (χ4v) is 4.71. The molecule has 0 spiro atoms. The molecule has 11 nitrogen and oxygen atoms in total. The van der Waals surface area contributed by atoms with Crippen LogP contribution in [-0.2, 0) is 52.4 Å². The number of hydrogen-bond donors (Lipinski definition) is 0. The molecule has 12 heteroatoms. The van der Waals surface area contributed by atoms with Gasteiger partial charge in [-0.1, -0.05) is 43.6 Å². The number of halogens is 1. The van der Waals surface area contributed by atoms with Crippen molar-refractivity contribution in [2.45, 2.75) is 90.8 Å². The predicted molar refractivity (Wildman–Crippen MR) is 121 cm³/mol. The molecule has 0 N–H and O–H groups in total. The van der Waals surface area contributed by atoms with Gasteiger partial charge in [-0.3, -0.25) is 14.4 Å². The molecule has 35 heavy (non-hydrogen) atoms. The van der Waals surface area contributed by atoms with Crippen molar-refractivity contribution in [3.8, 4) is 0 Å². The summed E-state index contributed by atoms with van der Waals surface area (Å²) in [4.78, 5) is 51.0. The molecule has 10 atom stereocenters. The number of carbonyl (C=O) groups excluding carboxylic acids is 5. The molecule has 2 aliphatic rings. The maximum absolute atomic E-state index is 11.9. The van der Waals surface area contributed by atoms with Gasteiger partial charge in [-0.2, -0.15) is 9.59 Å². The van der Waals surface area contributed by atoms with E-state index in [2.05, 4.69) is 29.8 Å². The van der Waals surface area contributed by atoms with Crippen LogP contribution in [-0.4, -0.2) is 66.1 Å². The highest BCUT2D eigenvalue weighted by Crippen LogP contribution is 2.44. The normalized spacial score (nSPS) is 38.7. The molecular formula is C23H35BrO11. The first-order valence-electron chi connectivity index (χ1n) is 11.3. The molecule has 0 aromatic heterocycles. The second-order valence-corrected chi connectivity index (χ2v) is 10.7. The second-order valence-electron chi connectivity index (χ2n) is 9.08. The van der Waals surface area contributed by atoms with E-state index in [0.717, 1.165) is 0 Å². The quantitative estimate of drug-likeness (QED) is 0.266. The third-order valence-corrected chi connectivity index (χ3v) is 7.04. The maximum Gasteiger partial charge on any atom is 0.373 e. The van der Waals surface area contributed by atoms with Gasteiger partial charge >= 0.3 is 24.1 Å². The van der Waals surface area contributed by atoms with Gasteiger partial charge in [-0.05, 0) is 18.8 Å². The standard InChI is InChI=1S/C22H35BrO9.CO2/c1-10-11(2)17(9-27-14(5)24)30-20(12(10)3)31-19-18(28-15(6)25)13(4)21(29-16(7)26)32-22(19,8)23;2-1-3/h10-13,17-21H,9H2,1-8H3;/t10-,11-,12?,13?,17?,18-,19-,20+,21+,22?;/m0./s1. The highest BCUT2D eigenvalue weighted by atomic mass is 79.9. The summed E-state index contributed by atoms with van der Waals surface area (Å²) in [7, 11) is 0. The van der Waals surface area contributed by atoms with Gasteiger partial charge in [-0.25, -0.2) is 0 Å². The van der Waals surface area contributed by atoms with Crippen LogP contribution in [0.5, 0.6) is 0 Å². The number of hydrogen-bond acceptors (Lipinski definition) is 11. The van der Waals surface area contributed by atoms with Gasteiger partial charge in [0, 0.05) is 26.7 Å². The van der Waals surface area contributed by atoms with Crippen LogP contribution in [0.1, 0.15) is 55.4 Å². The Balaban J connectivity index is 0.00000194. The molecule has 2 rings (SSSR count). The lowest BCUT2D eigenvalue weighted by atomic mass is 9.79. The van der Waals surface area contributed by atoms with E-state index in [4.69, 9.17) is 38.0 Å². The summed E-state index contributed by atoms with van der Waals surface area (Å²) in [6.07, 6.45) is -3.23. The Morgan fingerprint density at radius 2 is 1.40 bits per heavy atom. The molecule has 0 saturated carbocycles. The van der Waals surface area contributed by atoms with Crippen molar-refractivity contribution in [3.63, 3.8) is 0 Å². The summed E-state index contributed by atoms with van der Waals surface area (Å²) in [5.41, 5.74) is 0. The minimum Gasteiger partial charge on any atom is -0.463 e. The molecule has 0 aromatic carbocycles. The average molecular weight is 567 g/mol. The number of carbonyl (C=O) groups is 3. The summed E-state index contributed by atoms with van der Waals surface area (Å²) in [6.45, 7) is 13.7. The largest absolute Gasteiger partial charge is 0.463 e. The Labute approximate surface area is 213 Å². The molecule has 0 bridgehead atoms. The van der Waals surface area contributed by atoms with Crippen LogP contribution in [0.3, 0.4) is 0 Å². The molecule has 0 amide bonds. The van der Waals surface area contributed by atoms with Gasteiger partial charge in [0.2, 0.25) is 6.29 Å². The van der Waals surface area contributed by atoms with Crippen molar-refractivity contribution in [3.05, 3.63) is 0 Å². The summed E-state index contributed by atoms with van der Waals surface area (Å²) in [6, 6.07) is 0. The number of ether oxygens (including phenoxy) is 6. The third kappa shape index (κ3) is 8.64. The van der Waals surface area contributed by atoms with Crippen molar-refractivity contribution in [2.24, 2.45) is 23.7 Å². The molecule has 2 fully saturated rings. The maximum atomic E-state index is 11.9. The lowest BCUT2D eigenvalue weighted by Gasteiger charge is -2.50. The molecule has 2 aliphatic heterocycles. The Hall–Kier alpha value is -1.85. The topological polar surface area (TPSA) is 141 Å². The summed E-state index contributed by atoms with van der Waals surface area (Å²) < 4.78 is 33.5. The zero-order valence-corrected chi connectivity index (χ0v) is 22.9. The predicted octanol–water partition coefficient (Wildman–Crippen LogP) is 2.58. The van der Waals surface area contributed by atoms with Crippen LogP contribution in [0.4, 0.5) is 0 Å². The fourth-order valence-electron chi connectivity index (χ4n) is 4.16. The third-order valence-electron chi connectivity index (χ3n) is 6.40. The van der Waals surface area contributed by atoms with Crippen molar-refractivity contribution in [2.75, 3.05) is 6.61 Å². The first kappa shape index (κ1) is 31.2. The van der Waals surface area contributed by atoms with Crippen molar-refractivity contribution < 1.29 is 52.4 Å². The molecule has 200 valence electrons. The summed E-state index contributed by atoms with van der Waals surface area (Å²) in [5, 5.41) is 0. The lowest BCUT2D eigenvalue weighted by Crippen LogP contribution is -2.62. The van der Waals surface area contributed by atoms with E-state index in [0.29, 0.717) is 0 Å². The smallest absolute Gasteiger partial charge is 0.373 e. The van der Waals surface area contributed by atoms with E-state index < -0.39 is 47.2 Å². The van der Waals surface area contributed by atoms with Crippen molar-refractivity contribution in [1.29, 1.82) is 0 Å². The Morgan fingerprint density at radius 3 is 1.89 bits per heavy atom. The molecule has 2 heterocycles. The van der Waals surface area contributed by atoms with Crippen LogP contribution in [0, 0.1) is 23.7 Å². The van der Waals surface area contributed by atoms with E-state index in [9.17, 15) is 14.4 Å². The first-order chi connectivity index (χ1) is 16.2. The summed E-state index contributed by atoms with van der Waals surface area (Å²) in [5.74, 6) is -1.52. The molecular weight excluding hydrogens is 532 g/mol. The number of rotatable bonds is 6. The molecule has 2 saturated heterocycles. The van der Waals surface area contributed by atoms with Gasteiger partial charge in [0.05, 0.1) is 12.0 Å². The Bertz CT molecular complexity index is 779. The minimum atomic E-state index is -1.14.